The summed E-state index contributed by atoms with van der Waals surface area (Å²) in [5, 5.41) is 9.05. The van der Waals surface area contributed by atoms with E-state index in [1.165, 1.54) is 12.8 Å². The molecule has 5 heteroatoms. The van der Waals surface area contributed by atoms with Gasteiger partial charge in [0.1, 0.15) is 0 Å². The first-order valence-corrected chi connectivity index (χ1v) is 6.74. The summed E-state index contributed by atoms with van der Waals surface area (Å²) >= 11 is 0. The molecule has 0 bridgehead atoms. The number of nitrogens with one attached hydrogen (secondary N) is 1. The first-order chi connectivity index (χ1) is 9.19. The molecular weight excluding hydrogens is 240 g/mol. The lowest BCUT2D eigenvalue weighted by atomic mass is 10.2. The molecule has 1 aliphatic carbocycles. The quantitative estimate of drug-likeness (QED) is 0.894. The van der Waals surface area contributed by atoms with Crippen molar-refractivity contribution in [2.75, 3.05) is 19.0 Å². The van der Waals surface area contributed by atoms with Crippen LogP contribution in [0.4, 0.5) is 5.69 Å². The zero-order valence-corrected chi connectivity index (χ0v) is 11.7. The van der Waals surface area contributed by atoms with Crippen LogP contribution < -0.4 is 5.32 Å². The molecule has 2 aromatic heterocycles. The molecule has 0 saturated heterocycles. The minimum Gasteiger partial charge on any atom is -0.383 e. The first-order valence-electron chi connectivity index (χ1n) is 6.74. The number of nitrogens with zero attached hydrogens (tertiary/aromatic N) is 3. The predicted octanol–water partition coefficient (Wildman–Crippen LogP) is 2.11. The van der Waals surface area contributed by atoms with Gasteiger partial charge in [0.05, 0.1) is 30.2 Å². The molecule has 0 aliphatic heterocycles. The van der Waals surface area contributed by atoms with E-state index in [-0.39, 0.29) is 0 Å². The molecule has 1 unspecified atom stereocenters. The van der Waals surface area contributed by atoms with E-state index in [0.29, 0.717) is 6.04 Å². The second kappa shape index (κ2) is 4.81. The van der Waals surface area contributed by atoms with Gasteiger partial charge in [0, 0.05) is 19.5 Å². The SMILES string of the molecule is COCC(Nc1cnc2c(c1)c(C)nn2C)C1CC1. The van der Waals surface area contributed by atoms with E-state index in [9.17, 15) is 0 Å². The lowest BCUT2D eigenvalue weighted by Crippen LogP contribution is -2.27. The van der Waals surface area contributed by atoms with Crippen LogP contribution in [0.3, 0.4) is 0 Å². The fraction of sp³-hybridized carbons (Fsp3) is 0.571. The number of rotatable bonds is 5. The number of anilines is 1. The molecule has 102 valence electrons. The van der Waals surface area contributed by atoms with Gasteiger partial charge in [-0.1, -0.05) is 0 Å². The first kappa shape index (κ1) is 12.4. The highest BCUT2D eigenvalue weighted by Gasteiger charge is 2.31. The molecule has 1 atom stereocenters. The Balaban J connectivity index is 1.86. The molecule has 0 aromatic carbocycles. The number of methoxy groups -OCH3 is 1. The second-order valence-electron chi connectivity index (χ2n) is 5.35. The Morgan fingerprint density at radius 1 is 1.53 bits per heavy atom. The van der Waals surface area contributed by atoms with E-state index in [0.717, 1.165) is 34.9 Å². The van der Waals surface area contributed by atoms with Crippen LogP contribution in [0.25, 0.3) is 11.0 Å². The van der Waals surface area contributed by atoms with Crippen LogP contribution in [0.1, 0.15) is 18.5 Å². The molecule has 0 radical (unpaired) electrons. The lowest BCUT2D eigenvalue weighted by Gasteiger charge is -2.18. The highest BCUT2D eigenvalue weighted by Crippen LogP contribution is 2.34. The number of aromatic nitrogens is 3. The number of pyridine rings is 1. The summed E-state index contributed by atoms with van der Waals surface area (Å²) in [6, 6.07) is 2.52. The third kappa shape index (κ3) is 2.42. The predicted molar refractivity (Wildman–Crippen MR) is 75.3 cm³/mol. The van der Waals surface area contributed by atoms with Crippen molar-refractivity contribution in [3.05, 3.63) is 18.0 Å². The number of fused-ring (bicyclic) bond motifs is 1. The molecule has 3 rings (SSSR count). The van der Waals surface area contributed by atoms with Gasteiger partial charge in [0.2, 0.25) is 0 Å². The van der Waals surface area contributed by atoms with Crippen LogP contribution in [-0.4, -0.2) is 34.5 Å². The Hall–Kier alpha value is -1.62. The minimum absolute atomic E-state index is 0.390. The summed E-state index contributed by atoms with van der Waals surface area (Å²) in [5.74, 6) is 0.741. The van der Waals surface area contributed by atoms with Crippen molar-refractivity contribution in [1.82, 2.24) is 14.8 Å². The van der Waals surface area contributed by atoms with E-state index < -0.39 is 0 Å². The Bertz CT molecular complexity index is 588. The van der Waals surface area contributed by atoms with Crippen molar-refractivity contribution in [2.24, 2.45) is 13.0 Å². The van der Waals surface area contributed by atoms with Crippen LogP contribution >= 0.6 is 0 Å². The number of hydrogen-bond acceptors (Lipinski definition) is 4. The van der Waals surface area contributed by atoms with Crippen LogP contribution in [-0.2, 0) is 11.8 Å². The number of ether oxygens (including phenoxy) is 1. The maximum atomic E-state index is 5.29. The van der Waals surface area contributed by atoms with Gasteiger partial charge >= 0.3 is 0 Å². The molecule has 1 N–H and O–H groups in total. The lowest BCUT2D eigenvalue weighted by molar-refractivity contribution is 0.179. The Kier molecular flexibility index (Phi) is 3.14. The van der Waals surface area contributed by atoms with Gasteiger partial charge in [-0.15, -0.1) is 0 Å². The van der Waals surface area contributed by atoms with Gasteiger partial charge < -0.3 is 10.1 Å². The van der Waals surface area contributed by atoms with Crippen LogP contribution in [0.15, 0.2) is 12.3 Å². The van der Waals surface area contributed by atoms with Crippen molar-refractivity contribution >= 4 is 16.7 Å². The average Bonchev–Trinajstić information content (AvgIpc) is 3.18. The summed E-state index contributed by atoms with van der Waals surface area (Å²) in [5.41, 5.74) is 3.00. The molecule has 5 nitrogen and oxygen atoms in total. The molecular formula is C14H20N4O. The topological polar surface area (TPSA) is 52.0 Å². The van der Waals surface area contributed by atoms with Crippen molar-refractivity contribution < 1.29 is 4.74 Å². The van der Waals surface area contributed by atoms with Crippen molar-refractivity contribution in [3.8, 4) is 0 Å². The maximum absolute atomic E-state index is 5.29. The summed E-state index contributed by atoms with van der Waals surface area (Å²) in [4.78, 5) is 4.49. The Labute approximate surface area is 113 Å². The van der Waals surface area contributed by atoms with Gasteiger partial charge in [0.25, 0.3) is 0 Å². The van der Waals surface area contributed by atoms with E-state index in [4.69, 9.17) is 4.74 Å². The van der Waals surface area contributed by atoms with Gasteiger partial charge in [-0.3, -0.25) is 4.68 Å². The van der Waals surface area contributed by atoms with E-state index in [1.54, 1.807) is 7.11 Å². The number of aryl methyl sites for hydroxylation is 2. The highest BCUT2D eigenvalue weighted by molar-refractivity contribution is 5.81. The summed E-state index contributed by atoms with van der Waals surface area (Å²) < 4.78 is 7.11. The fourth-order valence-corrected chi connectivity index (χ4v) is 2.57. The standard InChI is InChI=1S/C14H20N4O/c1-9-12-6-11(7-15-14(12)18(2)17-9)16-13(8-19-3)10-4-5-10/h6-7,10,13,16H,4-5,8H2,1-3H3. The van der Waals surface area contributed by atoms with Crippen molar-refractivity contribution in [2.45, 2.75) is 25.8 Å². The van der Waals surface area contributed by atoms with Crippen LogP contribution in [0.5, 0.6) is 0 Å². The minimum atomic E-state index is 0.390. The zero-order chi connectivity index (χ0) is 13.4. The van der Waals surface area contributed by atoms with Crippen LogP contribution in [0.2, 0.25) is 0 Å². The monoisotopic (exact) mass is 260 g/mol. The Morgan fingerprint density at radius 3 is 3.00 bits per heavy atom. The summed E-state index contributed by atoms with van der Waals surface area (Å²) in [7, 11) is 3.68. The summed E-state index contributed by atoms with van der Waals surface area (Å²) in [6.07, 6.45) is 4.47. The molecule has 1 aliphatic rings. The molecule has 0 amide bonds. The molecule has 19 heavy (non-hydrogen) atoms. The molecule has 1 saturated carbocycles. The van der Waals surface area contributed by atoms with Crippen molar-refractivity contribution in [1.29, 1.82) is 0 Å². The van der Waals surface area contributed by atoms with Gasteiger partial charge in [-0.2, -0.15) is 5.10 Å². The highest BCUT2D eigenvalue weighted by atomic mass is 16.5. The van der Waals surface area contributed by atoms with E-state index in [2.05, 4.69) is 21.5 Å². The van der Waals surface area contributed by atoms with E-state index in [1.807, 2.05) is 24.9 Å². The maximum Gasteiger partial charge on any atom is 0.157 e. The largest absolute Gasteiger partial charge is 0.383 e. The van der Waals surface area contributed by atoms with Crippen LogP contribution in [0, 0.1) is 12.8 Å². The molecule has 1 fully saturated rings. The fourth-order valence-electron chi connectivity index (χ4n) is 2.57. The van der Waals surface area contributed by atoms with Gasteiger partial charge in [-0.25, -0.2) is 4.98 Å². The second-order valence-corrected chi connectivity index (χ2v) is 5.35. The van der Waals surface area contributed by atoms with Crippen molar-refractivity contribution in [3.63, 3.8) is 0 Å². The Morgan fingerprint density at radius 2 is 2.32 bits per heavy atom. The van der Waals surface area contributed by atoms with E-state index >= 15 is 0 Å². The normalized spacial score (nSPS) is 16.8. The smallest absolute Gasteiger partial charge is 0.157 e. The molecule has 2 heterocycles. The summed E-state index contributed by atoms with van der Waals surface area (Å²) in [6.45, 7) is 2.76. The zero-order valence-electron chi connectivity index (χ0n) is 11.7. The third-order valence-corrected chi connectivity index (χ3v) is 3.75. The molecule has 0 spiro atoms. The number of hydrogen-bond donors (Lipinski definition) is 1. The average molecular weight is 260 g/mol. The van der Waals surface area contributed by atoms with Gasteiger partial charge in [0.15, 0.2) is 5.65 Å². The molecule has 2 aromatic rings. The van der Waals surface area contributed by atoms with Gasteiger partial charge in [-0.05, 0) is 31.7 Å². The third-order valence-electron chi connectivity index (χ3n) is 3.75.